The SMILES string of the molecule is CC1=NN(c2ccccc2)C(=O)/C1=C/c1cc(Cl)c(OCc2ccccc2F)c(Br)c1. The van der Waals surface area contributed by atoms with Crippen molar-refractivity contribution in [2.75, 3.05) is 5.01 Å². The lowest BCUT2D eigenvalue weighted by Crippen LogP contribution is -2.21. The van der Waals surface area contributed by atoms with Gasteiger partial charge in [-0.15, -0.1) is 0 Å². The third kappa shape index (κ3) is 4.55. The lowest BCUT2D eigenvalue weighted by molar-refractivity contribution is -0.114. The highest BCUT2D eigenvalue weighted by Gasteiger charge is 2.28. The van der Waals surface area contributed by atoms with E-state index in [4.69, 9.17) is 16.3 Å². The molecule has 0 atom stereocenters. The molecule has 31 heavy (non-hydrogen) atoms. The van der Waals surface area contributed by atoms with Crippen LogP contribution in [0.3, 0.4) is 0 Å². The number of ether oxygens (including phenoxy) is 1. The Labute approximate surface area is 192 Å². The van der Waals surface area contributed by atoms with Crippen molar-refractivity contribution < 1.29 is 13.9 Å². The zero-order chi connectivity index (χ0) is 22.0. The molecular formula is C24H17BrClFN2O2. The zero-order valence-electron chi connectivity index (χ0n) is 16.5. The van der Waals surface area contributed by atoms with Crippen LogP contribution in [0.25, 0.3) is 6.08 Å². The number of hydrogen-bond acceptors (Lipinski definition) is 3. The van der Waals surface area contributed by atoms with Crippen molar-refractivity contribution in [2.24, 2.45) is 5.10 Å². The number of hydrogen-bond donors (Lipinski definition) is 0. The highest BCUT2D eigenvalue weighted by atomic mass is 79.9. The third-order valence-corrected chi connectivity index (χ3v) is 5.59. The lowest BCUT2D eigenvalue weighted by atomic mass is 10.1. The molecule has 1 amide bonds. The fourth-order valence-corrected chi connectivity index (χ4v) is 4.15. The molecule has 0 radical (unpaired) electrons. The molecule has 0 N–H and O–H groups in total. The molecule has 1 aliphatic heterocycles. The van der Waals surface area contributed by atoms with Crippen LogP contribution in [0.4, 0.5) is 10.1 Å². The Bertz CT molecular complexity index is 1190. The van der Waals surface area contributed by atoms with Crippen LogP contribution in [0.15, 0.2) is 81.9 Å². The molecule has 0 saturated heterocycles. The maximum Gasteiger partial charge on any atom is 0.280 e. The first-order chi connectivity index (χ1) is 14.9. The molecule has 4 nitrogen and oxygen atoms in total. The maximum atomic E-state index is 13.8. The van der Waals surface area contributed by atoms with Gasteiger partial charge in [-0.3, -0.25) is 4.79 Å². The number of anilines is 1. The predicted molar refractivity (Wildman–Crippen MR) is 125 cm³/mol. The Kier molecular flexibility index (Phi) is 6.20. The molecule has 0 unspecified atom stereocenters. The van der Waals surface area contributed by atoms with Crippen LogP contribution < -0.4 is 9.75 Å². The number of carbonyl (C=O) groups excluding carboxylic acids is 1. The summed E-state index contributed by atoms with van der Waals surface area (Å²) in [5.74, 6) is -0.148. The summed E-state index contributed by atoms with van der Waals surface area (Å²) in [6.07, 6.45) is 1.74. The van der Waals surface area contributed by atoms with E-state index in [0.29, 0.717) is 43.3 Å². The Hall–Kier alpha value is -2.96. The van der Waals surface area contributed by atoms with Crippen molar-refractivity contribution in [3.05, 3.63) is 98.7 Å². The van der Waals surface area contributed by atoms with Crippen molar-refractivity contribution in [1.29, 1.82) is 0 Å². The molecule has 3 aromatic carbocycles. The molecule has 3 aromatic rings. The van der Waals surface area contributed by atoms with Crippen molar-refractivity contribution in [2.45, 2.75) is 13.5 Å². The van der Waals surface area contributed by atoms with E-state index in [1.165, 1.54) is 11.1 Å². The number of hydrazone groups is 1. The third-order valence-electron chi connectivity index (χ3n) is 4.72. The average Bonchev–Trinajstić information content (AvgIpc) is 3.03. The molecule has 156 valence electrons. The second-order valence-electron chi connectivity index (χ2n) is 6.89. The van der Waals surface area contributed by atoms with E-state index in [1.807, 2.05) is 30.3 Å². The van der Waals surface area contributed by atoms with Gasteiger partial charge in [0.2, 0.25) is 0 Å². The van der Waals surface area contributed by atoms with Gasteiger partial charge in [-0.1, -0.05) is 48.0 Å². The van der Waals surface area contributed by atoms with Gasteiger partial charge >= 0.3 is 0 Å². The summed E-state index contributed by atoms with van der Waals surface area (Å²) in [6.45, 7) is 1.83. The van der Waals surface area contributed by atoms with E-state index >= 15 is 0 Å². The molecule has 0 aliphatic carbocycles. The number of para-hydroxylation sites is 1. The van der Waals surface area contributed by atoms with Gasteiger partial charge in [0.1, 0.15) is 12.4 Å². The first kappa shape index (κ1) is 21.3. The van der Waals surface area contributed by atoms with E-state index in [0.717, 1.165) is 0 Å². The number of carbonyl (C=O) groups is 1. The summed E-state index contributed by atoms with van der Waals surface area (Å²) in [4.78, 5) is 12.9. The largest absolute Gasteiger partial charge is 0.486 e. The van der Waals surface area contributed by atoms with Crippen LogP contribution >= 0.6 is 27.5 Å². The standard InChI is InChI=1S/C24H17BrClFN2O2/c1-15-19(24(30)29(28-15)18-8-3-2-4-9-18)11-16-12-20(25)23(21(26)13-16)31-14-17-7-5-6-10-22(17)27/h2-13H,14H2,1H3/b19-11+. The second-order valence-corrected chi connectivity index (χ2v) is 8.15. The summed E-state index contributed by atoms with van der Waals surface area (Å²) in [5.41, 5.74) is 2.93. The Balaban J connectivity index is 1.57. The highest BCUT2D eigenvalue weighted by molar-refractivity contribution is 9.10. The average molecular weight is 500 g/mol. The summed E-state index contributed by atoms with van der Waals surface area (Å²) < 4.78 is 20.2. The van der Waals surface area contributed by atoms with Crippen LogP contribution in [-0.2, 0) is 11.4 Å². The zero-order valence-corrected chi connectivity index (χ0v) is 18.8. The van der Waals surface area contributed by atoms with Gasteiger partial charge < -0.3 is 4.74 Å². The topological polar surface area (TPSA) is 41.9 Å². The Morgan fingerprint density at radius 3 is 2.55 bits per heavy atom. The molecular weight excluding hydrogens is 483 g/mol. The smallest absolute Gasteiger partial charge is 0.280 e. The molecule has 0 bridgehead atoms. The monoisotopic (exact) mass is 498 g/mol. The molecule has 4 rings (SSSR count). The molecule has 0 aromatic heterocycles. The van der Waals surface area contributed by atoms with Crippen LogP contribution in [0.1, 0.15) is 18.1 Å². The number of halogens is 3. The number of rotatable bonds is 5. The van der Waals surface area contributed by atoms with Crippen molar-refractivity contribution in [3.63, 3.8) is 0 Å². The van der Waals surface area contributed by atoms with Gasteiger partial charge in [-0.2, -0.15) is 10.1 Å². The van der Waals surface area contributed by atoms with Gasteiger partial charge in [0, 0.05) is 5.56 Å². The van der Waals surface area contributed by atoms with E-state index < -0.39 is 0 Å². The minimum absolute atomic E-state index is 0.0434. The normalized spacial score (nSPS) is 14.8. The van der Waals surface area contributed by atoms with Crippen molar-refractivity contribution in [1.82, 2.24) is 0 Å². The van der Waals surface area contributed by atoms with Gasteiger partial charge in [0.05, 0.1) is 26.5 Å². The molecule has 1 heterocycles. The second kappa shape index (κ2) is 9.04. The minimum Gasteiger partial charge on any atom is -0.486 e. The van der Waals surface area contributed by atoms with E-state index in [-0.39, 0.29) is 18.3 Å². The number of amides is 1. The van der Waals surface area contributed by atoms with E-state index in [9.17, 15) is 9.18 Å². The lowest BCUT2D eigenvalue weighted by Gasteiger charge is -2.12. The van der Waals surface area contributed by atoms with Crippen LogP contribution in [0.2, 0.25) is 5.02 Å². The van der Waals surface area contributed by atoms with Gasteiger partial charge in [-0.05, 0) is 64.8 Å². The molecule has 7 heteroatoms. The molecule has 0 saturated carbocycles. The van der Waals surface area contributed by atoms with Gasteiger partial charge in [0.25, 0.3) is 5.91 Å². The van der Waals surface area contributed by atoms with Crippen LogP contribution in [-0.4, -0.2) is 11.6 Å². The first-order valence-electron chi connectivity index (χ1n) is 9.46. The Morgan fingerprint density at radius 1 is 1.13 bits per heavy atom. The minimum atomic E-state index is -0.339. The van der Waals surface area contributed by atoms with Crippen LogP contribution in [0.5, 0.6) is 5.75 Å². The quantitative estimate of drug-likeness (QED) is 0.370. The first-order valence-corrected chi connectivity index (χ1v) is 10.6. The summed E-state index contributed by atoms with van der Waals surface area (Å²) in [7, 11) is 0. The molecule has 0 spiro atoms. The van der Waals surface area contributed by atoms with E-state index in [1.54, 1.807) is 43.3 Å². The number of nitrogens with zero attached hydrogens (tertiary/aromatic N) is 2. The fourth-order valence-electron chi connectivity index (χ4n) is 3.16. The van der Waals surface area contributed by atoms with Gasteiger partial charge in [0.15, 0.2) is 5.75 Å². The van der Waals surface area contributed by atoms with E-state index in [2.05, 4.69) is 21.0 Å². The van der Waals surface area contributed by atoms with Crippen molar-refractivity contribution >= 4 is 50.9 Å². The summed E-state index contributed by atoms with van der Waals surface area (Å²) in [6, 6.07) is 19.1. The predicted octanol–water partition coefficient (Wildman–Crippen LogP) is 6.63. The van der Waals surface area contributed by atoms with Crippen LogP contribution in [0, 0.1) is 5.82 Å². The summed E-state index contributed by atoms with van der Waals surface area (Å²) >= 11 is 9.88. The fraction of sp³-hybridized carbons (Fsp3) is 0.0833. The Morgan fingerprint density at radius 2 is 1.84 bits per heavy atom. The van der Waals surface area contributed by atoms with Gasteiger partial charge in [-0.25, -0.2) is 4.39 Å². The molecule has 0 fully saturated rings. The maximum absolute atomic E-state index is 13.8. The highest BCUT2D eigenvalue weighted by Crippen LogP contribution is 2.36. The summed E-state index contributed by atoms with van der Waals surface area (Å²) in [5, 5.41) is 6.10. The van der Waals surface area contributed by atoms with Crippen molar-refractivity contribution in [3.8, 4) is 5.75 Å². The number of benzene rings is 3. The molecule has 1 aliphatic rings.